The van der Waals surface area contributed by atoms with Gasteiger partial charge in [0.1, 0.15) is 0 Å². The van der Waals surface area contributed by atoms with Crippen LogP contribution in [0.1, 0.15) is 18.1 Å². The zero-order valence-electron chi connectivity index (χ0n) is 12.2. The maximum Gasteiger partial charge on any atom is 0.243 e. The van der Waals surface area contributed by atoms with Crippen LogP contribution < -0.4 is 5.73 Å². The minimum Gasteiger partial charge on any atom is -0.399 e. The molecular formula is C15H19N3O2S. The standard InChI is InChI=1S/C15H19N3O2S/c1-3-18(11-13-4-6-17-7-5-13)21(19,20)15-9-12(2)8-14(16)10-15/h4-10H,3,11,16H2,1-2H3. The summed E-state index contributed by atoms with van der Waals surface area (Å²) < 4.78 is 26.9. The molecule has 1 aromatic carbocycles. The molecule has 0 fully saturated rings. The van der Waals surface area contributed by atoms with Crippen LogP contribution in [0.3, 0.4) is 0 Å². The van der Waals surface area contributed by atoms with Crippen molar-refractivity contribution in [2.24, 2.45) is 0 Å². The fourth-order valence-corrected chi connectivity index (χ4v) is 3.71. The molecule has 2 N–H and O–H groups in total. The SMILES string of the molecule is CCN(Cc1ccncc1)S(=O)(=O)c1cc(C)cc(N)c1. The first kappa shape index (κ1) is 15.5. The number of benzene rings is 1. The molecule has 0 radical (unpaired) electrons. The summed E-state index contributed by atoms with van der Waals surface area (Å²) in [5, 5.41) is 0. The van der Waals surface area contributed by atoms with Gasteiger partial charge in [0.25, 0.3) is 0 Å². The topological polar surface area (TPSA) is 76.3 Å². The van der Waals surface area contributed by atoms with E-state index < -0.39 is 10.0 Å². The van der Waals surface area contributed by atoms with Crippen LogP contribution in [0.4, 0.5) is 5.69 Å². The van der Waals surface area contributed by atoms with E-state index in [9.17, 15) is 8.42 Å². The second-order valence-electron chi connectivity index (χ2n) is 4.87. The van der Waals surface area contributed by atoms with Gasteiger partial charge in [-0.25, -0.2) is 8.42 Å². The van der Waals surface area contributed by atoms with Crippen LogP contribution in [0.2, 0.25) is 0 Å². The average Bonchev–Trinajstić information content (AvgIpc) is 2.44. The third-order valence-corrected chi connectivity index (χ3v) is 5.07. The molecule has 5 nitrogen and oxygen atoms in total. The molecule has 0 atom stereocenters. The first-order valence-electron chi connectivity index (χ1n) is 6.69. The molecule has 0 spiro atoms. The lowest BCUT2D eigenvalue weighted by Gasteiger charge is -2.21. The molecule has 0 unspecified atom stereocenters. The molecule has 0 amide bonds. The van der Waals surface area contributed by atoms with Gasteiger partial charge in [-0.05, 0) is 48.4 Å². The molecule has 0 saturated carbocycles. The molecule has 0 saturated heterocycles. The fourth-order valence-electron chi connectivity index (χ4n) is 2.13. The lowest BCUT2D eigenvalue weighted by molar-refractivity contribution is 0.423. The summed E-state index contributed by atoms with van der Waals surface area (Å²) in [4.78, 5) is 4.17. The van der Waals surface area contributed by atoms with Crippen LogP contribution in [0.25, 0.3) is 0 Å². The largest absolute Gasteiger partial charge is 0.399 e. The Kier molecular flexibility index (Phi) is 4.59. The van der Waals surface area contributed by atoms with Crippen LogP contribution in [0.15, 0.2) is 47.6 Å². The van der Waals surface area contributed by atoms with Gasteiger partial charge in [-0.2, -0.15) is 4.31 Å². The Labute approximate surface area is 125 Å². The maximum absolute atomic E-state index is 12.7. The van der Waals surface area contributed by atoms with Crippen molar-refractivity contribution in [2.75, 3.05) is 12.3 Å². The first-order chi connectivity index (χ1) is 9.93. The van der Waals surface area contributed by atoms with Crippen LogP contribution in [0, 0.1) is 6.92 Å². The number of hydrogen-bond donors (Lipinski definition) is 1. The van der Waals surface area contributed by atoms with E-state index in [-0.39, 0.29) is 4.90 Å². The predicted octanol–water partition coefficient (Wildman–Crippen LogP) is 2.18. The Morgan fingerprint density at radius 1 is 1.19 bits per heavy atom. The monoisotopic (exact) mass is 305 g/mol. The number of hydrogen-bond acceptors (Lipinski definition) is 4. The zero-order valence-corrected chi connectivity index (χ0v) is 13.0. The minimum absolute atomic E-state index is 0.232. The average molecular weight is 305 g/mol. The molecule has 0 aliphatic heterocycles. The van der Waals surface area contributed by atoms with Crippen molar-refractivity contribution >= 4 is 15.7 Å². The minimum atomic E-state index is -3.56. The fraction of sp³-hybridized carbons (Fsp3) is 0.267. The van der Waals surface area contributed by atoms with Crippen molar-refractivity contribution < 1.29 is 8.42 Å². The van der Waals surface area contributed by atoms with Gasteiger partial charge >= 0.3 is 0 Å². The molecule has 2 rings (SSSR count). The summed E-state index contributed by atoms with van der Waals surface area (Å²) in [5.74, 6) is 0. The smallest absolute Gasteiger partial charge is 0.243 e. The highest BCUT2D eigenvalue weighted by atomic mass is 32.2. The van der Waals surface area contributed by atoms with Crippen molar-refractivity contribution in [3.05, 3.63) is 53.9 Å². The number of aryl methyl sites for hydroxylation is 1. The van der Waals surface area contributed by atoms with Gasteiger partial charge in [0, 0.05) is 31.2 Å². The second-order valence-corrected chi connectivity index (χ2v) is 6.80. The predicted molar refractivity (Wildman–Crippen MR) is 83.1 cm³/mol. The number of nitrogens with two attached hydrogens (primary N) is 1. The zero-order chi connectivity index (χ0) is 15.5. The van der Waals surface area contributed by atoms with Crippen molar-refractivity contribution in [3.63, 3.8) is 0 Å². The summed E-state index contributed by atoms with van der Waals surface area (Å²) in [6.07, 6.45) is 3.31. The van der Waals surface area contributed by atoms with Crippen molar-refractivity contribution in [2.45, 2.75) is 25.3 Å². The highest BCUT2D eigenvalue weighted by Crippen LogP contribution is 2.21. The van der Waals surface area contributed by atoms with Gasteiger partial charge in [0.2, 0.25) is 10.0 Å². The van der Waals surface area contributed by atoms with Gasteiger partial charge < -0.3 is 5.73 Å². The Morgan fingerprint density at radius 2 is 1.86 bits per heavy atom. The first-order valence-corrected chi connectivity index (χ1v) is 8.13. The molecule has 1 heterocycles. The van der Waals surface area contributed by atoms with E-state index in [1.165, 1.54) is 10.4 Å². The van der Waals surface area contributed by atoms with Crippen molar-refractivity contribution in [1.29, 1.82) is 0 Å². The van der Waals surface area contributed by atoms with Crippen LogP contribution in [-0.4, -0.2) is 24.3 Å². The number of rotatable bonds is 5. The highest BCUT2D eigenvalue weighted by Gasteiger charge is 2.23. The van der Waals surface area contributed by atoms with Crippen LogP contribution >= 0.6 is 0 Å². The van der Waals surface area contributed by atoms with Crippen molar-refractivity contribution in [1.82, 2.24) is 9.29 Å². The molecule has 21 heavy (non-hydrogen) atoms. The van der Waals surface area contributed by atoms with E-state index in [1.807, 2.05) is 26.0 Å². The Morgan fingerprint density at radius 3 is 2.43 bits per heavy atom. The molecular weight excluding hydrogens is 286 g/mol. The van der Waals surface area contributed by atoms with Crippen molar-refractivity contribution in [3.8, 4) is 0 Å². The summed E-state index contributed by atoms with van der Waals surface area (Å²) in [7, 11) is -3.56. The third-order valence-electron chi connectivity index (χ3n) is 3.17. The van der Waals surface area contributed by atoms with E-state index in [1.54, 1.807) is 24.5 Å². The quantitative estimate of drug-likeness (QED) is 0.859. The van der Waals surface area contributed by atoms with Gasteiger partial charge in [0.05, 0.1) is 4.90 Å². The summed E-state index contributed by atoms with van der Waals surface area (Å²) in [5.41, 5.74) is 7.94. The van der Waals surface area contributed by atoms with E-state index in [4.69, 9.17) is 5.73 Å². The summed E-state index contributed by atoms with van der Waals surface area (Å²) in [6, 6.07) is 8.50. The second kappa shape index (κ2) is 6.24. The molecule has 6 heteroatoms. The number of anilines is 1. The lowest BCUT2D eigenvalue weighted by atomic mass is 10.2. The van der Waals surface area contributed by atoms with E-state index in [0.717, 1.165) is 11.1 Å². The lowest BCUT2D eigenvalue weighted by Crippen LogP contribution is -2.30. The summed E-state index contributed by atoms with van der Waals surface area (Å²) in [6.45, 7) is 4.35. The van der Waals surface area contributed by atoms with Gasteiger partial charge in [0.15, 0.2) is 0 Å². The van der Waals surface area contributed by atoms with Crippen LogP contribution in [0.5, 0.6) is 0 Å². The number of nitrogens with zero attached hydrogens (tertiary/aromatic N) is 2. The van der Waals surface area contributed by atoms with E-state index in [2.05, 4.69) is 4.98 Å². The van der Waals surface area contributed by atoms with Gasteiger partial charge in [-0.3, -0.25) is 4.98 Å². The highest BCUT2D eigenvalue weighted by molar-refractivity contribution is 7.89. The molecule has 0 bridgehead atoms. The number of sulfonamides is 1. The van der Waals surface area contributed by atoms with Crippen LogP contribution in [-0.2, 0) is 16.6 Å². The molecule has 0 aliphatic carbocycles. The Bertz CT molecular complexity index is 695. The Balaban J connectivity index is 2.35. The van der Waals surface area contributed by atoms with E-state index >= 15 is 0 Å². The third kappa shape index (κ3) is 3.59. The normalized spacial score (nSPS) is 11.8. The summed E-state index contributed by atoms with van der Waals surface area (Å²) >= 11 is 0. The number of aromatic nitrogens is 1. The van der Waals surface area contributed by atoms with E-state index in [0.29, 0.717) is 18.8 Å². The van der Waals surface area contributed by atoms with Gasteiger partial charge in [-0.15, -0.1) is 0 Å². The molecule has 0 aliphatic rings. The van der Waals surface area contributed by atoms with Gasteiger partial charge in [-0.1, -0.05) is 6.92 Å². The Hall–Kier alpha value is -1.92. The number of nitrogen functional groups attached to an aromatic ring is 1. The number of pyridine rings is 1. The molecule has 1 aromatic heterocycles. The maximum atomic E-state index is 12.7. The molecule has 2 aromatic rings. The molecule has 112 valence electrons.